The largest absolute Gasteiger partial charge is 0.481 e. The lowest BCUT2D eigenvalue weighted by Gasteiger charge is -2.16. The summed E-state index contributed by atoms with van der Waals surface area (Å²) in [5.41, 5.74) is 0.927. The number of benzene rings is 1. The second-order valence-electron chi connectivity index (χ2n) is 5.74. The van der Waals surface area contributed by atoms with Gasteiger partial charge in [-0.1, -0.05) is 59.0 Å². The SMILES string of the molecule is CC(CN1C(=O)/C(=C\c2ccc(-c3ccc(Br)cc3)o2)SC1=S)C(=O)O. The zero-order valence-electron chi connectivity index (χ0n) is 13.6. The zero-order valence-corrected chi connectivity index (χ0v) is 16.9. The maximum absolute atomic E-state index is 12.5. The van der Waals surface area contributed by atoms with Crippen LogP contribution >= 0.6 is 39.9 Å². The van der Waals surface area contributed by atoms with Crippen molar-refractivity contribution in [2.24, 2.45) is 5.92 Å². The summed E-state index contributed by atoms with van der Waals surface area (Å²) in [6.07, 6.45) is 1.63. The van der Waals surface area contributed by atoms with E-state index in [1.807, 2.05) is 30.3 Å². The van der Waals surface area contributed by atoms with Crippen LogP contribution in [0, 0.1) is 5.92 Å². The van der Waals surface area contributed by atoms with Crippen LogP contribution in [0.1, 0.15) is 12.7 Å². The van der Waals surface area contributed by atoms with Crippen molar-refractivity contribution in [3.8, 4) is 11.3 Å². The maximum atomic E-state index is 12.5. The molecule has 1 aromatic carbocycles. The molecule has 2 aromatic rings. The minimum absolute atomic E-state index is 0.0552. The van der Waals surface area contributed by atoms with E-state index in [1.165, 1.54) is 4.90 Å². The maximum Gasteiger partial charge on any atom is 0.308 e. The van der Waals surface area contributed by atoms with Crippen molar-refractivity contribution in [3.63, 3.8) is 0 Å². The minimum Gasteiger partial charge on any atom is -0.481 e. The number of carboxylic acid groups (broad SMARTS) is 1. The van der Waals surface area contributed by atoms with Crippen LogP contribution in [0.3, 0.4) is 0 Å². The number of amides is 1. The fourth-order valence-electron chi connectivity index (χ4n) is 2.34. The summed E-state index contributed by atoms with van der Waals surface area (Å²) >= 11 is 9.75. The van der Waals surface area contributed by atoms with Crippen LogP contribution in [0.15, 0.2) is 50.2 Å². The molecule has 0 saturated carbocycles. The second-order valence-corrected chi connectivity index (χ2v) is 8.33. The first kappa shape index (κ1) is 18.9. The van der Waals surface area contributed by atoms with E-state index < -0.39 is 11.9 Å². The lowest BCUT2D eigenvalue weighted by Crippen LogP contribution is -2.34. The van der Waals surface area contributed by atoms with Gasteiger partial charge in [0.15, 0.2) is 0 Å². The van der Waals surface area contributed by atoms with Gasteiger partial charge >= 0.3 is 5.97 Å². The zero-order chi connectivity index (χ0) is 18.8. The predicted octanol–water partition coefficient (Wildman–Crippen LogP) is 4.63. The van der Waals surface area contributed by atoms with Gasteiger partial charge in [0.25, 0.3) is 5.91 Å². The Hall–Kier alpha value is -1.90. The number of rotatable bonds is 5. The monoisotopic (exact) mass is 451 g/mol. The molecule has 1 saturated heterocycles. The summed E-state index contributed by atoms with van der Waals surface area (Å²) in [5, 5.41) is 9.02. The molecule has 1 amide bonds. The Labute approximate surface area is 168 Å². The number of nitrogens with zero attached hydrogens (tertiary/aromatic N) is 1. The molecule has 5 nitrogen and oxygen atoms in total. The fraction of sp³-hybridized carbons (Fsp3) is 0.167. The Balaban J connectivity index is 1.78. The minimum atomic E-state index is -0.965. The summed E-state index contributed by atoms with van der Waals surface area (Å²) in [7, 11) is 0. The van der Waals surface area contributed by atoms with Crippen molar-refractivity contribution in [2.75, 3.05) is 6.54 Å². The van der Waals surface area contributed by atoms with E-state index >= 15 is 0 Å². The first-order valence-electron chi connectivity index (χ1n) is 7.69. The molecule has 134 valence electrons. The molecular formula is C18H14BrNO4S2. The molecule has 0 radical (unpaired) electrons. The third-order valence-electron chi connectivity index (χ3n) is 3.78. The summed E-state index contributed by atoms with van der Waals surface area (Å²) < 4.78 is 7.13. The van der Waals surface area contributed by atoms with Gasteiger partial charge in [-0.2, -0.15) is 0 Å². The van der Waals surface area contributed by atoms with Gasteiger partial charge in [-0.25, -0.2) is 0 Å². The van der Waals surface area contributed by atoms with Crippen molar-refractivity contribution in [1.29, 1.82) is 0 Å². The highest BCUT2D eigenvalue weighted by Crippen LogP contribution is 2.34. The van der Waals surface area contributed by atoms with Crippen molar-refractivity contribution in [1.82, 2.24) is 4.90 Å². The van der Waals surface area contributed by atoms with E-state index in [1.54, 1.807) is 19.1 Å². The van der Waals surface area contributed by atoms with Gasteiger partial charge in [-0.05, 0) is 24.3 Å². The highest BCUT2D eigenvalue weighted by molar-refractivity contribution is 9.10. The van der Waals surface area contributed by atoms with Crippen molar-refractivity contribution < 1.29 is 19.1 Å². The van der Waals surface area contributed by atoms with Crippen LogP contribution in [-0.2, 0) is 9.59 Å². The van der Waals surface area contributed by atoms with E-state index in [2.05, 4.69) is 15.9 Å². The van der Waals surface area contributed by atoms with E-state index in [-0.39, 0.29) is 12.5 Å². The van der Waals surface area contributed by atoms with Gasteiger partial charge in [0.1, 0.15) is 15.8 Å². The Morgan fingerprint density at radius 2 is 2.04 bits per heavy atom. The van der Waals surface area contributed by atoms with Gasteiger partial charge in [-0.3, -0.25) is 14.5 Å². The molecule has 1 atom stereocenters. The lowest BCUT2D eigenvalue weighted by molar-refractivity contribution is -0.141. The Kier molecular flexibility index (Phi) is 5.64. The summed E-state index contributed by atoms with van der Waals surface area (Å²) in [6, 6.07) is 11.3. The number of thioether (sulfide) groups is 1. The summed E-state index contributed by atoms with van der Waals surface area (Å²) in [6.45, 7) is 1.60. The summed E-state index contributed by atoms with van der Waals surface area (Å²) in [4.78, 5) is 25.3. The molecule has 3 rings (SSSR count). The quantitative estimate of drug-likeness (QED) is 0.527. The number of hydrogen-bond acceptors (Lipinski definition) is 5. The second kappa shape index (κ2) is 7.77. The van der Waals surface area contributed by atoms with Crippen LogP contribution in [0.4, 0.5) is 0 Å². The smallest absolute Gasteiger partial charge is 0.308 e. The standard InChI is InChI=1S/C18H14BrNO4S2/c1-10(17(22)23)9-20-16(21)15(26-18(20)25)8-13-6-7-14(24-13)11-2-4-12(19)5-3-11/h2-8,10H,9H2,1H3,(H,22,23)/b15-8+. The van der Waals surface area contributed by atoms with E-state index in [9.17, 15) is 9.59 Å². The van der Waals surface area contributed by atoms with Crippen LogP contribution in [-0.4, -0.2) is 32.7 Å². The molecule has 1 aliphatic rings. The Morgan fingerprint density at radius 3 is 2.69 bits per heavy atom. The molecule has 0 spiro atoms. The molecule has 1 N–H and O–H groups in total. The number of thiocarbonyl (C=S) groups is 1. The lowest BCUT2D eigenvalue weighted by atomic mass is 10.2. The number of halogens is 1. The number of carbonyl (C=O) groups excluding carboxylic acids is 1. The number of carbonyl (C=O) groups is 2. The first-order valence-corrected chi connectivity index (χ1v) is 9.71. The predicted molar refractivity (Wildman–Crippen MR) is 109 cm³/mol. The number of furan rings is 1. The molecule has 1 aromatic heterocycles. The average Bonchev–Trinajstić information content (AvgIpc) is 3.16. The van der Waals surface area contributed by atoms with Crippen molar-refractivity contribution >= 4 is 62.2 Å². The van der Waals surface area contributed by atoms with E-state index in [0.717, 1.165) is 21.8 Å². The molecule has 1 aliphatic heterocycles. The van der Waals surface area contributed by atoms with Gasteiger partial charge < -0.3 is 9.52 Å². The average molecular weight is 452 g/mol. The molecular weight excluding hydrogens is 438 g/mol. The van der Waals surface area contributed by atoms with Gasteiger partial charge in [0, 0.05) is 22.7 Å². The van der Waals surface area contributed by atoms with Crippen LogP contribution in [0.5, 0.6) is 0 Å². The van der Waals surface area contributed by atoms with Crippen LogP contribution in [0.25, 0.3) is 17.4 Å². The van der Waals surface area contributed by atoms with E-state index in [0.29, 0.717) is 20.7 Å². The van der Waals surface area contributed by atoms with Crippen LogP contribution in [0.2, 0.25) is 0 Å². The molecule has 1 unspecified atom stereocenters. The molecule has 2 heterocycles. The van der Waals surface area contributed by atoms with E-state index in [4.69, 9.17) is 21.7 Å². The topological polar surface area (TPSA) is 70.8 Å². The third-order valence-corrected chi connectivity index (χ3v) is 5.69. The number of hydrogen-bond donors (Lipinski definition) is 1. The van der Waals surface area contributed by atoms with Crippen molar-refractivity contribution in [2.45, 2.75) is 6.92 Å². The number of aliphatic carboxylic acids is 1. The first-order chi connectivity index (χ1) is 12.3. The van der Waals surface area contributed by atoms with Gasteiger partial charge in [-0.15, -0.1) is 0 Å². The Bertz CT molecular complexity index is 904. The molecule has 26 heavy (non-hydrogen) atoms. The fourth-order valence-corrected chi connectivity index (χ4v) is 3.86. The highest BCUT2D eigenvalue weighted by atomic mass is 79.9. The van der Waals surface area contributed by atoms with Crippen LogP contribution < -0.4 is 0 Å². The molecule has 0 bridgehead atoms. The highest BCUT2D eigenvalue weighted by Gasteiger charge is 2.34. The molecule has 1 fully saturated rings. The number of carboxylic acids is 1. The summed E-state index contributed by atoms with van der Waals surface area (Å²) in [5.74, 6) is -0.721. The van der Waals surface area contributed by atoms with Crippen molar-refractivity contribution in [3.05, 3.63) is 51.5 Å². The van der Waals surface area contributed by atoms with Gasteiger partial charge in [0.2, 0.25) is 0 Å². The molecule has 0 aliphatic carbocycles. The third kappa shape index (κ3) is 4.08. The van der Waals surface area contributed by atoms with Gasteiger partial charge in [0.05, 0.1) is 10.8 Å². The Morgan fingerprint density at radius 1 is 1.35 bits per heavy atom. The normalized spacial score (nSPS) is 17.2. The molecule has 8 heteroatoms.